The minimum Gasteiger partial charge on any atom is -0.454 e. The van der Waals surface area contributed by atoms with E-state index in [1.165, 1.54) is 0 Å². The van der Waals surface area contributed by atoms with Crippen LogP contribution < -0.4 is 14.8 Å². The smallest absolute Gasteiger partial charge is 0.231 e. The molecule has 0 spiro atoms. The second-order valence-corrected chi connectivity index (χ2v) is 6.38. The fraction of sp³-hybridized carbons (Fsp3) is 0.389. The predicted octanol–water partition coefficient (Wildman–Crippen LogP) is 3.75. The van der Waals surface area contributed by atoms with Crippen molar-refractivity contribution in [3.8, 4) is 11.5 Å². The lowest BCUT2D eigenvalue weighted by Crippen LogP contribution is -2.06. The van der Waals surface area contributed by atoms with Gasteiger partial charge in [0.2, 0.25) is 6.79 Å². The summed E-state index contributed by atoms with van der Waals surface area (Å²) in [7, 11) is 0. The summed E-state index contributed by atoms with van der Waals surface area (Å²) in [6, 6.07) is 5.77. The van der Waals surface area contributed by atoms with Crippen molar-refractivity contribution < 1.29 is 9.47 Å². The molecule has 1 aromatic carbocycles. The van der Waals surface area contributed by atoms with Gasteiger partial charge in [0.05, 0.1) is 5.69 Å². The first-order valence-electron chi connectivity index (χ1n) is 8.48. The van der Waals surface area contributed by atoms with Gasteiger partial charge in [-0.15, -0.1) is 0 Å². The monoisotopic (exact) mass is 339 g/mol. The van der Waals surface area contributed by atoms with Crippen LogP contribution in [0.4, 0.5) is 11.5 Å². The fourth-order valence-electron chi connectivity index (χ4n) is 2.93. The number of hydrogen-bond acceptors (Lipinski definition) is 6. The molecule has 0 saturated carbocycles. The quantitative estimate of drug-likeness (QED) is 0.780. The second-order valence-electron chi connectivity index (χ2n) is 6.38. The van der Waals surface area contributed by atoms with E-state index in [1.54, 1.807) is 0 Å². The summed E-state index contributed by atoms with van der Waals surface area (Å²) in [5.41, 5.74) is 3.61. The number of nitrogens with zero attached hydrogens (tertiary/aromatic N) is 4. The molecule has 1 aliphatic rings. The molecule has 0 aliphatic carbocycles. The Hall–Kier alpha value is -2.83. The van der Waals surface area contributed by atoms with Crippen molar-refractivity contribution in [3.05, 3.63) is 29.7 Å². The van der Waals surface area contributed by atoms with E-state index in [2.05, 4.69) is 31.2 Å². The molecule has 0 amide bonds. The van der Waals surface area contributed by atoms with Crippen molar-refractivity contribution in [2.24, 2.45) is 0 Å². The largest absolute Gasteiger partial charge is 0.454 e. The average molecular weight is 339 g/mol. The normalized spacial score (nSPS) is 13.0. The Balaban J connectivity index is 1.84. The molecule has 0 unspecified atom stereocenters. The molecule has 1 N–H and O–H groups in total. The van der Waals surface area contributed by atoms with Gasteiger partial charge < -0.3 is 14.8 Å². The van der Waals surface area contributed by atoms with Gasteiger partial charge >= 0.3 is 0 Å². The molecule has 7 nitrogen and oxygen atoms in total. The van der Waals surface area contributed by atoms with Crippen LogP contribution >= 0.6 is 0 Å². The first-order chi connectivity index (χ1) is 12.1. The lowest BCUT2D eigenvalue weighted by Gasteiger charge is -2.12. The number of anilines is 2. The lowest BCUT2D eigenvalue weighted by atomic mass is 10.2. The van der Waals surface area contributed by atoms with Crippen LogP contribution in [0.3, 0.4) is 0 Å². The zero-order chi connectivity index (χ0) is 17.6. The highest BCUT2D eigenvalue weighted by molar-refractivity contribution is 5.89. The highest BCUT2D eigenvalue weighted by atomic mass is 16.7. The summed E-state index contributed by atoms with van der Waals surface area (Å²) >= 11 is 0. The first-order valence-corrected chi connectivity index (χ1v) is 8.48. The molecule has 0 bridgehead atoms. The molecule has 2 aromatic heterocycles. The van der Waals surface area contributed by atoms with Gasteiger partial charge in [-0.05, 0) is 26.0 Å². The first kappa shape index (κ1) is 15.7. The third kappa shape index (κ3) is 2.65. The zero-order valence-electron chi connectivity index (χ0n) is 14.8. The molecule has 3 aromatic rings. The van der Waals surface area contributed by atoms with Crippen molar-refractivity contribution in [1.82, 2.24) is 19.7 Å². The molecule has 0 radical (unpaired) electrons. The van der Waals surface area contributed by atoms with Gasteiger partial charge in [-0.1, -0.05) is 13.8 Å². The number of hydrogen-bond donors (Lipinski definition) is 1. The van der Waals surface area contributed by atoms with Crippen LogP contribution in [0.1, 0.15) is 38.2 Å². The van der Waals surface area contributed by atoms with Crippen LogP contribution in [-0.2, 0) is 6.54 Å². The van der Waals surface area contributed by atoms with Crippen molar-refractivity contribution >= 4 is 22.5 Å². The van der Waals surface area contributed by atoms with Gasteiger partial charge in [-0.2, -0.15) is 5.10 Å². The van der Waals surface area contributed by atoms with Gasteiger partial charge in [-0.3, -0.25) is 4.68 Å². The summed E-state index contributed by atoms with van der Waals surface area (Å²) < 4.78 is 12.8. The molecular weight excluding hydrogens is 318 g/mol. The van der Waals surface area contributed by atoms with Gasteiger partial charge in [0, 0.05) is 24.2 Å². The Morgan fingerprint density at radius 1 is 1.20 bits per heavy atom. The van der Waals surface area contributed by atoms with Crippen molar-refractivity contribution in [3.63, 3.8) is 0 Å². The summed E-state index contributed by atoms with van der Waals surface area (Å²) in [5, 5.41) is 8.01. The summed E-state index contributed by atoms with van der Waals surface area (Å²) in [6.45, 7) is 9.24. The maximum absolute atomic E-state index is 5.46. The molecule has 0 saturated heterocycles. The topological polar surface area (TPSA) is 74.1 Å². The minimum atomic E-state index is 0.228. The van der Waals surface area contributed by atoms with Crippen molar-refractivity contribution in [2.45, 2.75) is 40.2 Å². The maximum atomic E-state index is 5.46. The van der Waals surface area contributed by atoms with Gasteiger partial charge in [0.1, 0.15) is 16.9 Å². The van der Waals surface area contributed by atoms with E-state index >= 15 is 0 Å². The van der Waals surface area contributed by atoms with E-state index in [0.717, 1.165) is 52.1 Å². The van der Waals surface area contributed by atoms with E-state index in [1.807, 2.05) is 29.8 Å². The minimum absolute atomic E-state index is 0.228. The van der Waals surface area contributed by atoms with Crippen LogP contribution in [0.2, 0.25) is 0 Å². The Kier molecular flexibility index (Phi) is 3.71. The molecule has 130 valence electrons. The average Bonchev–Trinajstić information content (AvgIpc) is 3.19. The third-order valence-electron chi connectivity index (χ3n) is 4.22. The van der Waals surface area contributed by atoms with Crippen molar-refractivity contribution in [2.75, 3.05) is 12.1 Å². The molecule has 25 heavy (non-hydrogen) atoms. The zero-order valence-corrected chi connectivity index (χ0v) is 14.8. The number of aromatic nitrogens is 4. The fourth-order valence-corrected chi connectivity index (χ4v) is 2.93. The Labute approximate surface area is 146 Å². The number of ether oxygens (including phenoxy) is 2. The molecule has 0 fully saturated rings. The molecular formula is C18H21N5O2. The highest BCUT2D eigenvalue weighted by Crippen LogP contribution is 2.36. The van der Waals surface area contributed by atoms with Crippen LogP contribution in [0.15, 0.2) is 18.2 Å². The molecule has 3 heterocycles. The molecule has 7 heteroatoms. The van der Waals surface area contributed by atoms with E-state index < -0.39 is 0 Å². The van der Waals surface area contributed by atoms with Gasteiger partial charge in [-0.25, -0.2) is 9.97 Å². The number of benzene rings is 1. The lowest BCUT2D eigenvalue weighted by molar-refractivity contribution is 0.174. The van der Waals surface area contributed by atoms with E-state index in [4.69, 9.17) is 19.4 Å². The van der Waals surface area contributed by atoms with E-state index in [0.29, 0.717) is 0 Å². The molecule has 4 rings (SSSR count). The summed E-state index contributed by atoms with van der Waals surface area (Å²) in [5.74, 6) is 3.28. The standard InChI is InChI=1S/C18H21N5O2/c1-5-23-16-15(11(4)22-23)20-17(10(2)3)21-18(16)19-12-6-7-13-14(8-12)25-9-24-13/h6-8,10H,5,9H2,1-4H3,(H,19,20,21). The summed E-state index contributed by atoms with van der Waals surface area (Å²) in [6.07, 6.45) is 0. The number of rotatable bonds is 4. The Morgan fingerprint density at radius 3 is 2.76 bits per heavy atom. The number of fused-ring (bicyclic) bond motifs is 2. The van der Waals surface area contributed by atoms with Gasteiger partial charge in [0.25, 0.3) is 0 Å². The SMILES string of the molecule is CCn1nc(C)c2nc(C(C)C)nc(Nc3ccc4c(c3)OCO4)c21. The second kappa shape index (κ2) is 5.91. The Bertz CT molecular complexity index is 948. The van der Waals surface area contributed by atoms with Crippen LogP contribution in [-0.4, -0.2) is 26.5 Å². The number of aryl methyl sites for hydroxylation is 2. The highest BCUT2D eigenvalue weighted by Gasteiger charge is 2.19. The molecule has 0 atom stereocenters. The van der Waals surface area contributed by atoms with Gasteiger partial charge in [0.15, 0.2) is 17.3 Å². The third-order valence-corrected chi connectivity index (χ3v) is 4.22. The van der Waals surface area contributed by atoms with E-state index in [-0.39, 0.29) is 12.7 Å². The van der Waals surface area contributed by atoms with Crippen LogP contribution in [0.5, 0.6) is 11.5 Å². The number of nitrogens with one attached hydrogen (secondary N) is 1. The maximum Gasteiger partial charge on any atom is 0.231 e. The van der Waals surface area contributed by atoms with Crippen molar-refractivity contribution in [1.29, 1.82) is 0 Å². The van der Waals surface area contributed by atoms with Crippen LogP contribution in [0.25, 0.3) is 11.0 Å². The molecule has 1 aliphatic heterocycles. The predicted molar refractivity (Wildman–Crippen MR) is 95.7 cm³/mol. The summed E-state index contributed by atoms with van der Waals surface area (Å²) in [4.78, 5) is 9.48. The Morgan fingerprint density at radius 2 is 2.00 bits per heavy atom. The van der Waals surface area contributed by atoms with E-state index in [9.17, 15) is 0 Å². The van der Waals surface area contributed by atoms with Crippen LogP contribution in [0, 0.1) is 6.92 Å².